The van der Waals surface area contributed by atoms with E-state index in [4.69, 9.17) is 4.98 Å². The number of pyridine rings is 1. The quantitative estimate of drug-likeness (QED) is 0.413. The summed E-state index contributed by atoms with van der Waals surface area (Å²) in [5, 5.41) is 6.78. The van der Waals surface area contributed by atoms with Gasteiger partial charge in [0.1, 0.15) is 11.9 Å². The van der Waals surface area contributed by atoms with Crippen LogP contribution in [0.4, 0.5) is 23.0 Å². The van der Waals surface area contributed by atoms with E-state index >= 15 is 0 Å². The van der Waals surface area contributed by atoms with Gasteiger partial charge in [-0.2, -0.15) is 0 Å². The number of hydrogen-bond donors (Lipinski definition) is 2. The molecule has 3 heterocycles. The minimum Gasteiger partial charge on any atom is -0.349 e. The van der Waals surface area contributed by atoms with Gasteiger partial charge in [-0.05, 0) is 94.5 Å². The zero-order valence-corrected chi connectivity index (χ0v) is 27.2. The highest BCUT2D eigenvalue weighted by atomic mass is 16.2. The van der Waals surface area contributed by atoms with Crippen LogP contribution >= 0.6 is 0 Å². The molecule has 1 aromatic heterocycles. The van der Waals surface area contributed by atoms with Crippen LogP contribution in [0.2, 0.25) is 0 Å². The van der Waals surface area contributed by atoms with Gasteiger partial charge in [-0.15, -0.1) is 0 Å². The lowest BCUT2D eigenvalue weighted by Crippen LogP contribution is -2.55. The molecule has 0 bridgehead atoms. The number of benzene rings is 1. The van der Waals surface area contributed by atoms with Crippen molar-refractivity contribution in [3.05, 3.63) is 42.0 Å². The highest BCUT2D eigenvalue weighted by molar-refractivity contribution is 6.04. The number of hydrogen-bond acceptors (Lipinski definition) is 7. The third kappa shape index (κ3) is 6.85. The molecule has 1 saturated heterocycles. The monoisotopic (exact) mass is 613 g/mol. The first kappa shape index (κ1) is 30.5. The van der Waals surface area contributed by atoms with Crippen LogP contribution in [0.25, 0.3) is 0 Å². The Balaban J connectivity index is 0.955. The van der Waals surface area contributed by atoms with Crippen LogP contribution in [-0.2, 0) is 4.79 Å². The lowest BCUT2D eigenvalue weighted by molar-refractivity contribution is -0.119. The largest absolute Gasteiger partial charge is 0.349 e. The first-order valence-corrected chi connectivity index (χ1v) is 17.6. The van der Waals surface area contributed by atoms with Crippen molar-refractivity contribution in [1.29, 1.82) is 0 Å². The normalized spacial score (nSPS) is 26.9. The molecule has 0 radical (unpaired) electrons. The molecule has 2 aromatic rings. The van der Waals surface area contributed by atoms with Crippen LogP contribution in [0.1, 0.15) is 87.9 Å². The van der Waals surface area contributed by atoms with E-state index in [-0.39, 0.29) is 23.9 Å². The summed E-state index contributed by atoms with van der Waals surface area (Å²) in [4.78, 5) is 40.8. The van der Waals surface area contributed by atoms with Crippen molar-refractivity contribution in [3.8, 4) is 0 Å². The Kier molecular flexibility index (Phi) is 9.00. The number of carbonyl (C=O) groups is 2. The average Bonchev–Trinajstić information content (AvgIpc) is 3.89. The van der Waals surface area contributed by atoms with Crippen LogP contribution in [0.15, 0.2) is 36.4 Å². The van der Waals surface area contributed by atoms with Gasteiger partial charge in [0.2, 0.25) is 5.91 Å². The van der Waals surface area contributed by atoms with Crippen molar-refractivity contribution in [2.45, 2.75) is 102 Å². The molecule has 1 atom stereocenters. The van der Waals surface area contributed by atoms with E-state index < -0.39 is 0 Å². The molecule has 1 aromatic carbocycles. The van der Waals surface area contributed by atoms with E-state index in [0.29, 0.717) is 23.5 Å². The summed E-state index contributed by atoms with van der Waals surface area (Å²) in [6.45, 7) is 8.13. The van der Waals surface area contributed by atoms with Crippen LogP contribution in [0, 0.1) is 5.92 Å². The Labute approximate surface area is 268 Å². The predicted octanol–water partition coefficient (Wildman–Crippen LogP) is 5.40. The SMILES string of the molecule is C[C@@H]1C(=O)N(C)c2ccc(Nc3cccc(C(=O)NC4CCC(N5CCN(CC6CC6)CC5)CC4)c3)nc2N1C1CCCCC1. The van der Waals surface area contributed by atoms with Gasteiger partial charge in [0, 0.05) is 69.1 Å². The number of fused-ring (bicyclic) bond motifs is 1. The topological polar surface area (TPSA) is 84.0 Å². The third-order valence-corrected chi connectivity index (χ3v) is 11.1. The van der Waals surface area contributed by atoms with Crippen molar-refractivity contribution < 1.29 is 9.59 Å². The van der Waals surface area contributed by atoms with Gasteiger partial charge in [0.25, 0.3) is 5.91 Å². The molecule has 2 amide bonds. The number of amides is 2. The summed E-state index contributed by atoms with van der Waals surface area (Å²) in [6, 6.07) is 12.6. The number of anilines is 4. The van der Waals surface area contributed by atoms with Crippen LogP contribution in [0.3, 0.4) is 0 Å². The number of nitrogens with one attached hydrogen (secondary N) is 2. The Morgan fingerprint density at radius 3 is 2.38 bits per heavy atom. The summed E-state index contributed by atoms with van der Waals surface area (Å²) in [5.41, 5.74) is 2.35. The van der Waals surface area contributed by atoms with Gasteiger partial charge in [0.15, 0.2) is 5.82 Å². The first-order chi connectivity index (χ1) is 21.9. The van der Waals surface area contributed by atoms with Crippen molar-refractivity contribution in [1.82, 2.24) is 20.1 Å². The van der Waals surface area contributed by atoms with Gasteiger partial charge < -0.3 is 25.3 Å². The predicted molar refractivity (Wildman–Crippen MR) is 180 cm³/mol. The van der Waals surface area contributed by atoms with Crippen molar-refractivity contribution in [3.63, 3.8) is 0 Å². The number of likely N-dealkylation sites (N-methyl/N-ethyl adjacent to an activating group) is 1. The number of aromatic nitrogens is 1. The molecule has 7 rings (SSSR count). The van der Waals surface area contributed by atoms with E-state index in [9.17, 15) is 9.59 Å². The molecule has 2 N–H and O–H groups in total. The molecule has 9 nitrogen and oxygen atoms in total. The van der Waals surface area contributed by atoms with Gasteiger partial charge in [-0.1, -0.05) is 25.3 Å². The van der Waals surface area contributed by atoms with E-state index in [1.165, 1.54) is 64.8 Å². The van der Waals surface area contributed by atoms with Gasteiger partial charge in [-0.25, -0.2) is 4.98 Å². The fraction of sp³-hybridized carbons (Fsp3) is 0.639. The van der Waals surface area contributed by atoms with Crippen molar-refractivity contribution >= 4 is 34.8 Å². The van der Waals surface area contributed by atoms with E-state index in [1.807, 2.05) is 50.4 Å². The van der Waals surface area contributed by atoms with E-state index in [2.05, 4.69) is 25.3 Å². The molecule has 9 heteroatoms. The molecular formula is C36H51N7O2. The Hall–Kier alpha value is -3.17. The summed E-state index contributed by atoms with van der Waals surface area (Å²) in [6.07, 6.45) is 13.1. The van der Waals surface area contributed by atoms with Gasteiger partial charge in [-0.3, -0.25) is 14.5 Å². The van der Waals surface area contributed by atoms with E-state index in [1.54, 1.807) is 4.90 Å². The molecule has 5 aliphatic rings. The molecule has 3 aliphatic carbocycles. The lowest BCUT2D eigenvalue weighted by Gasteiger charge is -2.44. The molecule has 242 valence electrons. The zero-order valence-electron chi connectivity index (χ0n) is 27.2. The number of carbonyl (C=O) groups excluding carboxylic acids is 2. The number of nitrogens with zero attached hydrogens (tertiary/aromatic N) is 5. The fourth-order valence-corrected chi connectivity index (χ4v) is 8.23. The van der Waals surface area contributed by atoms with Crippen LogP contribution in [0.5, 0.6) is 0 Å². The van der Waals surface area contributed by atoms with Crippen LogP contribution in [-0.4, -0.2) is 90.5 Å². The van der Waals surface area contributed by atoms with E-state index in [0.717, 1.165) is 61.6 Å². The maximum atomic E-state index is 13.3. The maximum absolute atomic E-state index is 13.3. The lowest BCUT2D eigenvalue weighted by atomic mass is 9.89. The Bertz CT molecular complexity index is 1360. The third-order valence-electron chi connectivity index (χ3n) is 11.1. The highest BCUT2D eigenvalue weighted by Crippen LogP contribution is 2.39. The van der Waals surface area contributed by atoms with Gasteiger partial charge in [0.05, 0.1) is 5.69 Å². The van der Waals surface area contributed by atoms with Crippen LogP contribution < -0.4 is 20.4 Å². The fourth-order valence-electron chi connectivity index (χ4n) is 8.23. The smallest absolute Gasteiger partial charge is 0.251 e. The number of piperazine rings is 1. The minimum atomic E-state index is -0.238. The maximum Gasteiger partial charge on any atom is 0.251 e. The minimum absolute atomic E-state index is 0.00775. The second-order valence-corrected chi connectivity index (χ2v) is 14.3. The molecule has 0 unspecified atom stereocenters. The summed E-state index contributed by atoms with van der Waals surface area (Å²) in [7, 11) is 1.84. The second kappa shape index (κ2) is 13.3. The molecular weight excluding hydrogens is 562 g/mol. The number of rotatable bonds is 8. The Morgan fingerprint density at radius 2 is 1.64 bits per heavy atom. The first-order valence-electron chi connectivity index (χ1n) is 17.6. The molecule has 0 spiro atoms. The van der Waals surface area contributed by atoms with Gasteiger partial charge >= 0.3 is 0 Å². The molecule has 3 saturated carbocycles. The van der Waals surface area contributed by atoms with Crippen molar-refractivity contribution in [2.75, 3.05) is 54.9 Å². The van der Waals surface area contributed by atoms with Crippen molar-refractivity contribution in [2.24, 2.45) is 5.92 Å². The Morgan fingerprint density at radius 1 is 0.889 bits per heavy atom. The summed E-state index contributed by atoms with van der Waals surface area (Å²) < 4.78 is 0. The zero-order chi connectivity index (χ0) is 30.9. The standard InChI is InChI=1S/C36H51N7O2/c1-25-36(45)40(2)32-17-18-33(39-34(32)43(25)31-9-4-3-5-10-31)37-29-8-6-7-27(23-29)35(44)38-28-13-15-30(16-14-28)42-21-19-41(20-22-42)24-26-11-12-26/h6-8,17-18,23,25-26,28,30-31H,3-5,9-16,19-22,24H2,1-2H3,(H,37,39)(H,38,44)/t25-,28?,30?/m1/s1. The summed E-state index contributed by atoms with van der Waals surface area (Å²) in [5.74, 6) is 2.67. The average molecular weight is 614 g/mol. The summed E-state index contributed by atoms with van der Waals surface area (Å²) >= 11 is 0. The second-order valence-electron chi connectivity index (χ2n) is 14.3. The highest BCUT2D eigenvalue weighted by Gasteiger charge is 2.39. The molecule has 2 aliphatic heterocycles. The molecule has 45 heavy (non-hydrogen) atoms. The molecule has 4 fully saturated rings.